The lowest BCUT2D eigenvalue weighted by Crippen LogP contribution is -2.42. The van der Waals surface area contributed by atoms with Crippen LogP contribution in [0.3, 0.4) is 0 Å². The van der Waals surface area contributed by atoms with E-state index in [2.05, 4.69) is 29.1 Å². The Morgan fingerprint density at radius 3 is 2.45 bits per heavy atom. The van der Waals surface area contributed by atoms with Crippen molar-refractivity contribution in [2.24, 2.45) is 16.6 Å². The molecule has 4 nitrogen and oxygen atoms in total. The lowest BCUT2D eigenvalue weighted by Gasteiger charge is -2.34. The van der Waals surface area contributed by atoms with Crippen LogP contribution in [0.2, 0.25) is 0 Å². The van der Waals surface area contributed by atoms with Crippen LogP contribution >= 0.6 is 24.0 Å². The molecule has 0 aromatic heterocycles. The minimum Gasteiger partial charge on any atom is -0.370 e. The SMILES string of the molecule is CC(C)N1CCCC(CN=C(N)NC2CCCCCC2)C1.I. The van der Waals surface area contributed by atoms with Gasteiger partial charge in [-0.05, 0) is 52.0 Å². The Hall–Kier alpha value is -0.0400. The summed E-state index contributed by atoms with van der Waals surface area (Å²) >= 11 is 0. The van der Waals surface area contributed by atoms with Crippen molar-refractivity contribution < 1.29 is 0 Å². The molecule has 0 amide bonds. The second-order valence-corrected chi connectivity index (χ2v) is 7.16. The molecule has 130 valence electrons. The van der Waals surface area contributed by atoms with Crippen molar-refractivity contribution in [3.05, 3.63) is 0 Å². The van der Waals surface area contributed by atoms with E-state index >= 15 is 0 Å². The van der Waals surface area contributed by atoms with Crippen molar-refractivity contribution >= 4 is 29.9 Å². The minimum atomic E-state index is 0. The molecule has 0 aromatic carbocycles. The number of guanidine groups is 1. The van der Waals surface area contributed by atoms with Gasteiger partial charge < -0.3 is 16.0 Å². The van der Waals surface area contributed by atoms with Gasteiger partial charge in [-0.3, -0.25) is 4.99 Å². The predicted octanol–water partition coefficient (Wildman–Crippen LogP) is 3.35. The van der Waals surface area contributed by atoms with Crippen LogP contribution in [0.25, 0.3) is 0 Å². The van der Waals surface area contributed by atoms with Crippen molar-refractivity contribution in [2.75, 3.05) is 19.6 Å². The molecular weight excluding hydrogens is 387 g/mol. The molecule has 1 aliphatic carbocycles. The van der Waals surface area contributed by atoms with Gasteiger partial charge in [-0.25, -0.2) is 0 Å². The summed E-state index contributed by atoms with van der Waals surface area (Å²) < 4.78 is 0. The summed E-state index contributed by atoms with van der Waals surface area (Å²) in [6.07, 6.45) is 10.5. The zero-order valence-electron chi connectivity index (χ0n) is 14.4. The highest BCUT2D eigenvalue weighted by molar-refractivity contribution is 14.0. The van der Waals surface area contributed by atoms with Crippen LogP contribution in [-0.2, 0) is 0 Å². The molecule has 1 heterocycles. The number of likely N-dealkylation sites (tertiary alicyclic amines) is 1. The molecule has 5 heteroatoms. The average molecular weight is 422 g/mol. The van der Waals surface area contributed by atoms with Gasteiger partial charge in [-0.15, -0.1) is 24.0 Å². The van der Waals surface area contributed by atoms with E-state index < -0.39 is 0 Å². The quantitative estimate of drug-likeness (QED) is 0.316. The van der Waals surface area contributed by atoms with Crippen LogP contribution < -0.4 is 11.1 Å². The molecule has 1 unspecified atom stereocenters. The van der Waals surface area contributed by atoms with Gasteiger partial charge in [0.15, 0.2) is 5.96 Å². The van der Waals surface area contributed by atoms with Crippen molar-refractivity contribution in [1.29, 1.82) is 0 Å². The maximum Gasteiger partial charge on any atom is 0.188 e. The number of nitrogens with zero attached hydrogens (tertiary/aromatic N) is 2. The fourth-order valence-electron chi connectivity index (χ4n) is 3.62. The van der Waals surface area contributed by atoms with E-state index in [0.717, 1.165) is 6.54 Å². The molecule has 3 N–H and O–H groups in total. The predicted molar refractivity (Wildman–Crippen MR) is 106 cm³/mol. The second-order valence-electron chi connectivity index (χ2n) is 7.16. The topological polar surface area (TPSA) is 53.6 Å². The van der Waals surface area contributed by atoms with Crippen molar-refractivity contribution in [3.8, 4) is 0 Å². The Morgan fingerprint density at radius 1 is 1.14 bits per heavy atom. The summed E-state index contributed by atoms with van der Waals surface area (Å²) in [5, 5.41) is 3.45. The fourth-order valence-corrected chi connectivity index (χ4v) is 3.62. The van der Waals surface area contributed by atoms with E-state index in [9.17, 15) is 0 Å². The molecule has 0 radical (unpaired) electrons. The molecule has 1 aliphatic heterocycles. The van der Waals surface area contributed by atoms with E-state index in [1.165, 1.54) is 64.5 Å². The standard InChI is InChI=1S/C17H34N4.HI/c1-14(2)21-11-7-8-15(13-21)12-19-17(18)20-16-9-5-3-4-6-10-16;/h14-16H,3-13H2,1-2H3,(H3,18,19,20);1H. The Morgan fingerprint density at radius 2 is 1.82 bits per heavy atom. The largest absolute Gasteiger partial charge is 0.370 e. The number of halogens is 1. The van der Waals surface area contributed by atoms with Crippen molar-refractivity contribution in [3.63, 3.8) is 0 Å². The summed E-state index contributed by atoms with van der Waals surface area (Å²) in [6.45, 7) is 7.88. The first-order chi connectivity index (χ1) is 10.1. The van der Waals surface area contributed by atoms with E-state index in [4.69, 9.17) is 5.73 Å². The first-order valence-electron chi connectivity index (χ1n) is 8.95. The summed E-state index contributed by atoms with van der Waals surface area (Å²) in [5.74, 6) is 1.35. The van der Waals surface area contributed by atoms with Gasteiger partial charge in [-0.2, -0.15) is 0 Å². The summed E-state index contributed by atoms with van der Waals surface area (Å²) in [4.78, 5) is 7.19. The molecule has 1 saturated heterocycles. The van der Waals surface area contributed by atoms with Gasteiger partial charge in [0.1, 0.15) is 0 Å². The highest BCUT2D eigenvalue weighted by Crippen LogP contribution is 2.19. The van der Waals surface area contributed by atoms with Gasteiger partial charge >= 0.3 is 0 Å². The monoisotopic (exact) mass is 422 g/mol. The van der Waals surface area contributed by atoms with Crippen molar-refractivity contribution in [2.45, 2.75) is 77.3 Å². The Balaban J connectivity index is 0.00000242. The van der Waals surface area contributed by atoms with E-state index in [0.29, 0.717) is 24.0 Å². The number of nitrogens with two attached hydrogens (primary N) is 1. The van der Waals surface area contributed by atoms with Gasteiger partial charge in [0.05, 0.1) is 0 Å². The van der Waals surface area contributed by atoms with Crippen LogP contribution in [0.5, 0.6) is 0 Å². The van der Waals surface area contributed by atoms with Gasteiger partial charge in [0.2, 0.25) is 0 Å². The molecule has 1 atom stereocenters. The second kappa shape index (κ2) is 10.7. The van der Waals surface area contributed by atoms with Crippen LogP contribution in [-0.4, -0.2) is 42.6 Å². The number of rotatable bonds is 4. The van der Waals surface area contributed by atoms with E-state index in [1.54, 1.807) is 0 Å². The minimum absolute atomic E-state index is 0. The molecule has 0 bridgehead atoms. The average Bonchev–Trinajstić information content (AvgIpc) is 2.74. The third-order valence-corrected chi connectivity index (χ3v) is 5.01. The van der Waals surface area contributed by atoms with Crippen LogP contribution in [0.4, 0.5) is 0 Å². The highest BCUT2D eigenvalue weighted by Gasteiger charge is 2.21. The molecule has 2 fully saturated rings. The summed E-state index contributed by atoms with van der Waals surface area (Å²) in [5.41, 5.74) is 6.09. The third kappa shape index (κ3) is 7.02. The first kappa shape index (κ1) is 20.0. The van der Waals surface area contributed by atoms with E-state index in [-0.39, 0.29) is 24.0 Å². The Bertz CT molecular complexity index is 325. The molecule has 2 aliphatic rings. The molecule has 0 aromatic rings. The number of nitrogens with one attached hydrogen (secondary N) is 1. The summed E-state index contributed by atoms with van der Waals surface area (Å²) in [7, 11) is 0. The molecule has 1 saturated carbocycles. The number of aliphatic imine (C=N–C) groups is 1. The molecule has 0 spiro atoms. The lowest BCUT2D eigenvalue weighted by atomic mass is 9.97. The normalized spacial score (nSPS) is 25.6. The van der Waals surface area contributed by atoms with Crippen molar-refractivity contribution in [1.82, 2.24) is 10.2 Å². The fraction of sp³-hybridized carbons (Fsp3) is 0.941. The first-order valence-corrected chi connectivity index (χ1v) is 8.95. The smallest absolute Gasteiger partial charge is 0.188 e. The van der Waals surface area contributed by atoms with Gasteiger partial charge in [-0.1, -0.05) is 25.7 Å². The zero-order chi connectivity index (χ0) is 15.1. The Labute approximate surface area is 153 Å². The lowest BCUT2D eigenvalue weighted by molar-refractivity contribution is 0.143. The Kier molecular flexibility index (Phi) is 9.71. The zero-order valence-corrected chi connectivity index (χ0v) is 16.7. The molecular formula is C17H35IN4. The van der Waals surface area contributed by atoms with Gasteiger partial charge in [0.25, 0.3) is 0 Å². The van der Waals surface area contributed by atoms with Crippen LogP contribution in [0.15, 0.2) is 4.99 Å². The molecule has 22 heavy (non-hydrogen) atoms. The third-order valence-electron chi connectivity index (χ3n) is 5.01. The number of hydrogen-bond acceptors (Lipinski definition) is 2. The van der Waals surface area contributed by atoms with Crippen LogP contribution in [0, 0.1) is 5.92 Å². The highest BCUT2D eigenvalue weighted by atomic mass is 127. The van der Waals surface area contributed by atoms with Gasteiger partial charge in [0, 0.05) is 25.2 Å². The number of hydrogen-bond donors (Lipinski definition) is 2. The number of piperidine rings is 1. The maximum absolute atomic E-state index is 6.09. The van der Waals surface area contributed by atoms with Crippen LogP contribution in [0.1, 0.15) is 65.2 Å². The molecule has 2 rings (SSSR count). The summed E-state index contributed by atoms with van der Waals surface area (Å²) in [6, 6.07) is 1.20. The maximum atomic E-state index is 6.09. The van der Waals surface area contributed by atoms with E-state index in [1.807, 2.05) is 0 Å².